The predicted molar refractivity (Wildman–Crippen MR) is 104 cm³/mol. The van der Waals surface area contributed by atoms with Crippen LogP contribution in [0.2, 0.25) is 0 Å². The third kappa shape index (κ3) is 6.24. The highest BCUT2D eigenvalue weighted by Gasteiger charge is 2.21. The van der Waals surface area contributed by atoms with Gasteiger partial charge in [0.25, 0.3) is 0 Å². The van der Waals surface area contributed by atoms with Crippen molar-refractivity contribution in [2.24, 2.45) is 13.0 Å². The molecule has 0 aromatic carbocycles. The van der Waals surface area contributed by atoms with Crippen molar-refractivity contribution >= 4 is 36.4 Å². The van der Waals surface area contributed by atoms with Gasteiger partial charge in [-0.05, 0) is 65.7 Å². The smallest absolute Gasteiger partial charge is 0.238 e. The zero-order valence-electron chi connectivity index (χ0n) is 15.1. The maximum Gasteiger partial charge on any atom is 0.238 e. The van der Waals surface area contributed by atoms with Crippen molar-refractivity contribution in [3.63, 3.8) is 0 Å². The first kappa shape index (κ1) is 23.2. The quantitative estimate of drug-likeness (QED) is 0.794. The van der Waals surface area contributed by atoms with Gasteiger partial charge in [0.15, 0.2) is 0 Å². The molecular weight excluding hydrogens is 349 g/mol. The molecule has 1 aromatic heterocycles. The third-order valence-corrected chi connectivity index (χ3v) is 4.65. The number of nitrogens with one attached hydrogen (secondary N) is 2. The van der Waals surface area contributed by atoms with E-state index in [9.17, 15) is 4.79 Å². The van der Waals surface area contributed by atoms with Gasteiger partial charge in [-0.1, -0.05) is 0 Å². The van der Waals surface area contributed by atoms with Crippen molar-refractivity contribution in [2.75, 3.05) is 38.5 Å². The zero-order chi connectivity index (χ0) is 16.1. The van der Waals surface area contributed by atoms with Crippen molar-refractivity contribution in [1.82, 2.24) is 20.0 Å². The fourth-order valence-electron chi connectivity index (χ4n) is 3.12. The van der Waals surface area contributed by atoms with E-state index in [1.165, 1.54) is 19.3 Å². The van der Waals surface area contributed by atoms with Gasteiger partial charge in [-0.25, -0.2) is 0 Å². The van der Waals surface area contributed by atoms with Gasteiger partial charge < -0.3 is 10.6 Å². The number of halogens is 2. The molecule has 1 saturated heterocycles. The highest BCUT2D eigenvalue weighted by atomic mass is 35.5. The molecule has 1 aromatic rings. The number of hydrogen-bond acceptors (Lipinski definition) is 4. The molecule has 2 heterocycles. The van der Waals surface area contributed by atoms with Crippen LogP contribution in [0.4, 0.5) is 5.69 Å². The van der Waals surface area contributed by atoms with E-state index >= 15 is 0 Å². The lowest BCUT2D eigenvalue weighted by Gasteiger charge is -2.31. The summed E-state index contributed by atoms with van der Waals surface area (Å²) in [5.74, 6) is 0.863. The molecule has 1 amide bonds. The lowest BCUT2D eigenvalue weighted by molar-refractivity contribution is -0.117. The summed E-state index contributed by atoms with van der Waals surface area (Å²) in [4.78, 5) is 14.5. The summed E-state index contributed by atoms with van der Waals surface area (Å²) in [6.45, 7) is 7.51. The molecule has 0 aliphatic carbocycles. The van der Waals surface area contributed by atoms with Crippen molar-refractivity contribution < 1.29 is 4.79 Å². The Morgan fingerprint density at radius 3 is 2.38 bits per heavy atom. The minimum Gasteiger partial charge on any atom is -0.322 e. The Hall–Kier alpha value is -0.820. The summed E-state index contributed by atoms with van der Waals surface area (Å²) < 4.78 is 1.80. The van der Waals surface area contributed by atoms with Crippen LogP contribution in [0.3, 0.4) is 0 Å². The molecular formula is C16H31Cl2N5O. The minimum absolute atomic E-state index is 0. The molecule has 1 aliphatic rings. The molecule has 0 spiro atoms. The number of piperidine rings is 1. The van der Waals surface area contributed by atoms with E-state index in [0.717, 1.165) is 42.6 Å². The van der Waals surface area contributed by atoms with Gasteiger partial charge in [0.1, 0.15) is 0 Å². The van der Waals surface area contributed by atoms with E-state index in [-0.39, 0.29) is 30.7 Å². The highest BCUT2D eigenvalue weighted by molar-refractivity contribution is 5.93. The number of likely N-dealkylation sites (tertiary alicyclic amines) is 1. The van der Waals surface area contributed by atoms with Crippen LogP contribution < -0.4 is 10.6 Å². The predicted octanol–water partition coefficient (Wildman–Crippen LogP) is 2.14. The molecule has 0 radical (unpaired) electrons. The molecule has 0 bridgehead atoms. The maximum atomic E-state index is 12.2. The minimum atomic E-state index is 0. The van der Waals surface area contributed by atoms with Gasteiger partial charge in [0.05, 0.1) is 23.6 Å². The summed E-state index contributed by atoms with van der Waals surface area (Å²) in [7, 11) is 3.90. The Bertz CT molecular complexity index is 513. The fourth-order valence-corrected chi connectivity index (χ4v) is 3.12. The molecule has 0 unspecified atom stereocenters. The van der Waals surface area contributed by atoms with Gasteiger partial charge in [-0.2, -0.15) is 5.10 Å². The van der Waals surface area contributed by atoms with Crippen LogP contribution in [0, 0.1) is 19.8 Å². The Morgan fingerprint density at radius 2 is 1.88 bits per heavy atom. The number of aryl methyl sites for hydroxylation is 2. The second-order valence-electron chi connectivity index (χ2n) is 6.33. The lowest BCUT2D eigenvalue weighted by atomic mass is 9.93. The number of carbonyl (C=O) groups is 1. The molecule has 140 valence electrons. The van der Waals surface area contributed by atoms with Crippen LogP contribution in [0.1, 0.15) is 30.7 Å². The zero-order valence-corrected chi connectivity index (χ0v) is 16.7. The van der Waals surface area contributed by atoms with Crippen molar-refractivity contribution in [3.05, 3.63) is 11.4 Å². The van der Waals surface area contributed by atoms with Crippen LogP contribution in [0.25, 0.3) is 0 Å². The van der Waals surface area contributed by atoms with Crippen molar-refractivity contribution in [1.29, 1.82) is 0 Å². The number of nitrogens with zero attached hydrogens (tertiary/aromatic N) is 3. The summed E-state index contributed by atoms with van der Waals surface area (Å²) in [5, 5.41) is 10.6. The van der Waals surface area contributed by atoms with Crippen LogP contribution in [-0.2, 0) is 11.8 Å². The number of anilines is 1. The van der Waals surface area contributed by atoms with E-state index < -0.39 is 0 Å². The topological polar surface area (TPSA) is 62.2 Å². The average Bonchev–Trinajstić information content (AvgIpc) is 2.73. The van der Waals surface area contributed by atoms with Gasteiger partial charge in [-0.3, -0.25) is 14.4 Å². The first-order valence-electron chi connectivity index (χ1n) is 8.18. The molecule has 6 nitrogen and oxygen atoms in total. The van der Waals surface area contributed by atoms with Crippen molar-refractivity contribution in [2.45, 2.75) is 33.1 Å². The first-order chi connectivity index (χ1) is 10.5. The Kier molecular flexibility index (Phi) is 10.6. The lowest BCUT2D eigenvalue weighted by Crippen LogP contribution is -2.39. The van der Waals surface area contributed by atoms with E-state index in [1.54, 1.807) is 4.68 Å². The summed E-state index contributed by atoms with van der Waals surface area (Å²) >= 11 is 0. The number of carbonyl (C=O) groups excluding carboxylic acids is 1. The van der Waals surface area contributed by atoms with Gasteiger partial charge in [0, 0.05) is 7.05 Å². The van der Waals surface area contributed by atoms with E-state index in [2.05, 4.69) is 20.6 Å². The monoisotopic (exact) mass is 379 g/mol. The largest absolute Gasteiger partial charge is 0.322 e. The van der Waals surface area contributed by atoms with Crippen LogP contribution in [0.15, 0.2) is 0 Å². The molecule has 8 heteroatoms. The van der Waals surface area contributed by atoms with Crippen LogP contribution in [0.5, 0.6) is 0 Å². The molecule has 24 heavy (non-hydrogen) atoms. The third-order valence-electron chi connectivity index (χ3n) is 4.65. The standard InChI is InChI=1S/C16H29N5O.2ClH/c1-12-16(13(2)20(4)19-12)18-15(22)11-21-9-6-14(7-10-21)5-8-17-3;;/h14,17H,5-11H2,1-4H3,(H,18,22);2*1H. The van der Waals surface area contributed by atoms with E-state index in [1.807, 2.05) is 27.9 Å². The van der Waals surface area contributed by atoms with E-state index in [0.29, 0.717) is 6.54 Å². The number of amides is 1. The normalized spacial score (nSPS) is 15.5. The second kappa shape index (κ2) is 10.9. The van der Waals surface area contributed by atoms with Gasteiger partial charge in [0.2, 0.25) is 5.91 Å². The molecule has 1 aliphatic heterocycles. The summed E-state index contributed by atoms with van der Waals surface area (Å²) in [6, 6.07) is 0. The Morgan fingerprint density at radius 1 is 1.25 bits per heavy atom. The molecule has 1 fully saturated rings. The van der Waals surface area contributed by atoms with Crippen LogP contribution >= 0.6 is 24.8 Å². The SMILES string of the molecule is CNCCC1CCN(CC(=O)Nc2c(C)nn(C)c2C)CC1.Cl.Cl. The van der Waals surface area contributed by atoms with Crippen LogP contribution in [-0.4, -0.2) is 53.8 Å². The van der Waals surface area contributed by atoms with Crippen molar-refractivity contribution in [3.8, 4) is 0 Å². The van der Waals surface area contributed by atoms with Gasteiger partial charge >= 0.3 is 0 Å². The highest BCUT2D eigenvalue weighted by Crippen LogP contribution is 2.21. The Labute approximate surface area is 157 Å². The maximum absolute atomic E-state index is 12.2. The van der Waals surface area contributed by atoms with E-state index in [4.69, 9.17) is 0 Å². The molecule has 0 saturated carbocycles. The number of rotatable bonds is 6. The van der Waals surface area contributed by atoms with Gasteiger partial charge in [-0.15, -0.1) is 24.8 Å². The molecule has 2 N–H and O–H groups in total. The number of aromatic nitrogens is 2. The first-order valence-corrected chi connectivity index (χ1v) is 8.18. The molecule has 2 rings (SSSR count). The number of hydrogen-bond donors (Lipinski definition) is 2. The summed E-state index contributed by atoms with van der Waals surface area (Å²) in [6.07, 6.45) is 3.63. The second-order valence-corrected chi connectivity index (χ2v) is 6.33. The Balaban J connectivity index is 0.00000264. The fraction of sp³-hybridized carbons (Fsp3) is 0.750. The summed E-state index contributed by atoms with van der Waals surface area (Å²) in [5.41, 5.74) is 2.73. The average molecular weight is 380 g/mol. The molecule has 0 atom stereocenters.